The highest BCUT2D eigenvalue weighted by Gasteiger charge is 2.08. The lowest BCUT2D eigenvalue weighted by molar-refractivity contribution is 0.146. The van der Waals surface area contributed by atoms with Crippen molar-refractivity contribution in [3.8, 4) is 5.75 Å². The van der Waals surface area contributed by atoms with Crippen molar-refractivity contribution in [2.45, 2.75) is 6.92 Å². The second kappa shape index (κ2) is 5.25. The van der Waals surface area contributed by atoms with Crippen LogP contribution in [0.4, 0.5) is 0 Å². The Balaban J connectivity index is 2.35. The minimum absolute atomic E-state index is 0.349. The fraction of sp³-hybridized carbons (Fsp3) is 0.364. The van der Waals surface area contributed by atoms with Crippen LogP contribution in [0.5, 0.6) is 5.75 Å². The van der Waals surface area contributed by atoms with Crippen LogP contribution >= 0.6 is 11.6 Å². The molecule has 2 aromatic rings. The van der Waals surface area contributed by atoms with Crippen LogP contribution in [-0.2, 0) is 4.74 Å². The Labute approximate surface area is 104 Å². The van der Waals surface area contributed by atoms with E-state index in [9.17, 15) is 0 Å². The van der Waals surface area contributed by atoms with E-state index in [0.717, 1.165) is 5.69 Å². The molecule has 0 N–H and O–H groups in total. The summed E-state index contributed by atoms with van der Waals surface area (Å²) in [5.41, 5.74) is 2.01. The molecule has 0 radical (unpaired) electrons. The molecule has 0 saturated carbocycles. The SMILES string of the molecule is COCCOc1cc2ncnc(Cl)c2nc1C. The highest BCUT2D eigenvalue weighted by atomic mass is 35.5. The van der Waals surface area contributed by atoms with Crippen molar-refractivity contribution in [1.29, 1.82) is 0 Å². The first-order chi connectivity index (χ1) is 8.22. The molecule has 2 rings (SSSR count). The van der Waals surface area contributed by atoms with Gasteiger partial charge in [-0.05, 0) is 6.92 Å². The molecule has 0 aliphatic heterocycles. The molecule has 0 aliphatic carbocycles. The monoisotopic (exact) mass is 253 g/mol. The molecule has 0 saturated heterocycles. The van der Waals surface area contributed by atoms with Gasteiger partial charge in [-0.3, -0.25) is 0 Å². The van der Waals surface area contributed by atoms with Crippen molar-refractivity contribution < 1.29 is 9.47 Å². The summed E-state index contributed by atoms with van der Waals surface area (Å²) in [5, 5.41) is 0.349. The quantitative estimate of drug-likeness (QED) is 0.616. The van der Waals surface area contributed by atoms with Gasteiger partial charge in [0.1, 0.15) is 24.2 Å². The molecule has 90 valence electrons. The van der Waals surface area contributed by atoms with Gasteiger partial charge in [-0.25, -0.2) is 15.0 Å². The molecular formula is C11H12ClN3O2. The molecule has 2 heterocycles. The average Bonchev–Trinajstić information content (AvgIpc) is 2.31. The number of halogens is 1. The van der Waals surface area contributed by atoms with E-state index < -0.39 is 0 Å². The van der Waals surface area contributed by atoms with Gasteiger partial charge in [-0.2, -0.15) is 0 Å². The van der Waals surface area contributed by atoms with Gasteiger partial charge in [0, 0.05) is 13.2 Å². The lowest BCUT2D eigenvalue weighted by atomic mass is 10.3. The molecule has 0 fully saturated rings. The Morgan fingerprint density at radius 2 is 2.12 bits per heavy atom. The maximum Gasteiger partial charge on any atom is 0.158 e. The summed E-state index contributed by atoms with van der Waals surface area (Å²) in [6.07, 6.45) is 1.40. The molecule has 17 heavy (non-hydrogen) atoms. The lowest BCUT2D eigenvalue weighted by Crippen LogP contribution is -2.06. The molecule has 0 aromatic carbocycles. The zero-order valence-electron chi connectivity index (χ0n) is 9.61. The maximum absolute atomic E-state index is 5.93. The van der Waals surface area contributed by atoms with Crippen molar-refractivity contribution in [2.24, 2.45) is 0 Å². The number of fused-ring (bicyclic) bond motifs is 1. The molecule has 0 atom stereocenters. The summed E-state index contributed by atoms with van der Waals surface area (Å²) in [5.74, 6) is 0.685. The molecule has 0 bridgehead atoms. The molecule has 5 nitrogen and oxygen atoms in total. The number of aryl methyl sites for hydroxylation is 1. The topological polar surface area (TPSA) is 57.1 Å². The average molecular weight is 254 g/mol. The van der Waals surface area contributed by atoms with Crippen molar-refractivity contribution in [3.05, 3.63) is 23.2 Å². The summed E-state index contributed by atoms with van der Waals surface area (Å²) in [7, 11) is 1.63. The number of hydrogen-bond donors (Lipinski definition) is 0. The highest BCUT2D eigenvalue weighted by molar-refractivity contribution is 6.33. The number of aromatic nitrogens is 3. The normalized spacial score (nSPS) is 10.8. The summed E-state index contributed by atoms with van der Waals surface area (Å²) >= 11 is 5.93. The first kappa shape index (κ1) is 12.0. The van der Waals surface area contributed by atoms with Crippen LogP contribution in [0.1, 0.15) is 5.69 Å². The second-order valence-electron chi connectivity index (χ2n) is 3.45. The van der Waals surface area contributed by atoms with Gasteiger partial charge in [0.05, 0.1) is 17.8 Å². The van der Waals surface area contributed by atoms with E-state index in [4.69, 9.17) is 21.1 Å². The molecule has 6 heteroatoms. The van der Waals surface area contributed by atoms with Gasteiger partial charge in [0.15, 0.2) is 5.15 Å². The van der Waals surface area contributed by atoms with Crippen LogP contribution in [0.25, 0.3) is 11.0 Å². The van der Waals surface area contributed by atoms with Crippen molar-refractivity contribution in [1.82, 2.24) is 15.0 Å². The van der Waals surface area contributed by atoms with E-state index in [-0.39, 0.29) is 0 Å². The molecule has 0 amide bonds. The van der Waals surface area contributed by atoms with E-state index in [0.29, 0.717) is 35.1 Å². The van der Waals surface area contributed by atoms with Gasteiger partial charge < -0.3 is 9.47 Å². The summed E-state index contributed by atoms with van der Waals surface area (Å²) in [4.78, 5) is 12.3. The summed E-state index contributed by atoms with van der Waals surface area (Å²) < 4.78 is 10.5. The van der Waals surface area contributed by atoms with E-state index >= 15 is 0 Å². The summed E-state index contributed by atoms with van der Waals surface area (Å²) in [6, 6.07) is 1.81. The number of rotatable bonds is 4. The zero-order chi connectivity index (χ0) is 12.3. The predicted octanol–water partition coefficient (Wildman–Crippen LogP) is 2.01. The third-order valence-corrected chi connectivity index (χ3v) is 2.53. The van der Waals surface area contributed by atoms with E-state index in [2.05, 4.69) is 15.0 Å². The maximum atomic E-state index is 5.93. The second-order valence-corrected chi connectivity index (χ2v) is 3.80. The van der Waals surface area contributed by atoms with E-state index in [1.54, 1.807) is 13.2 Å². The Morgan fingerprint density at radius 3 is 2.88 bits per heavy atom. The number of methoxy groups -OCH3 is 1. The minimum atomic E-state index is 0.349. The third-order valence-electron chi connectivity index (χ3n) is 2.25. The highest BCUT2D eigenvalue weighted by Crippen LogP contribution is 2.24. The van der Waals surface area contributed by atoms with E-state index in [1.165, 1.54) is 6.33 Å². The van der Waals surface area contributed by atoms with E-state index in [1.807, 2.05) is 6.92 Å². The number of ether oxygens (including phenoxy) is 2. The van der Waals surface area contributed by atoms with Crippen molar-refractivity contribution in [3.63, 3.8) is 0 Å². The zero-order valence-corrected chi connectivity index (χ0v) is 10.4. The molecular weight excluding hydrogens is 242 g/mol. The van der Waals surface area contributed by atoms with Crippen molar-refractivity contribution >= 4 is 22.6 Å². The Kier molecular flexibility index (Phi) is 3.71. The number of nitrogens with zero attached hydrogens (tertiary/aromatic N) is 3. The summed E-state index contributed by atoms with van der Waals surface area (Å²) in [6.45, 7) is 2.86. The van der Waals surface area contributed by atoms with Gasteiger partial charge in [-0.15, -0.1) is 0 Å². The third kappa shape index (κ3) is 2.62. The molecule has 0 spiro atoms. The smallest absolute Gasteiger partial charge is 0.158 e. The Bertz CT molecular complexity index is 533. The van der Waals surface area contributed by atoms with Gasteiger partial charge in [-0.1, -0.05) is 11.6 Å². The number of hydrogen-bond acceptors (Lipinski definition) is 5. The van der Waals surface area contributed by atoms with Crippen LogP contribution < -0.4 is 4.74 Å². The van der Waals surface area contributed by atoms with Gasteiger partial charge >= 0.3 is 0 Å². The largest absolute Gasteiger partial charge is 0.489 e. The Morgan fingerprint density at radius 1 is 1.29 bits per heavy atom. The fourth-order valence-electron chi connectivity index (χ4n) is 1.41. The number of pyridine rings is 1. The fourth-order valence-corrected chi connectivity index (χ4v) is 1.59. The van der Waals surface area contributed by atoms with Crippen LogP contribution in [0, 0.1) is 6.92 Å². The first-order valence-electron chi connectivity index (χ1n) is 5.12. The minimum Gasteiger partial charge on any atom is -0.489 e. The molecule has 0 unspecified atom stereocenters. The van der Waals surface area contributed by atoms with Crippen LogP contribution in [-0.4, -0.2) is 35.3 Å². The standard InChI is InChI=1S/C11H12ClN3O2/c1-7-9(17-4-3-16-2)5-8-10(15-7)11(12)14-6-13-8/h5-6H,3-4H2,1-2H3. The van der Waals surface area contributed by atoms with Crippen molar-refractivity contribution in [2.75, 3.05) is 20.3 Å². The predicted molar refractivity (Wildman–Crippen MR) is 64.5 cm³/mol. The van der Waals surface area contributed by atoms with Gasteiger partial charge in [0.25, 0.3) is 0 Å². The van der Waals surface area contributed by atoms with Gasteiger partial charge in [0.2, 0.25) is 0 Å². The van der Waals surface area contributed by atoms with Crippen LogP contribution in [0.15, 0.2) is 12.4 Å². The molecule has 0 aliphatic rings. The lowest BCUT2D eigenvalue weighted by Gasteiger charge is -2.09. The first-order valence-corrected chi connectivity index (χ1v) is 5.49. The Hall–Kier alpha value is -1.46. The molecule has 2 aromatic heterocycles. The van der Waals surface area contributed by atoms with Crippen LogP contribution in [0.3, 0.4) is 0 Å². The van der Waals surface area contributed by atoms with Crippen LogP contribution in [0.2, 0.25) is 5.15 Å².